The van der Waals surface area contributed by atoms with Crippen molar-refractivity contribution in [2.75, 3.05) is 23.2 Å². The van der Waals surface area contributed by atoms with Crippen LogP contribution >= 0.6 is 45.2 Å². The summed E-state index contributed by atoms with van der Waals surface area (Å²) >= 11 is 4.30. The van der Waals surface area contributed by atoms with Gasteiger partial charge in [-0.05, 0) is 22.0 Å². The van der Waals surface area contributed by atoms with Gasteiger partial charge in [-0.25, -0.2) is 16.8 Å². The molecule has 2 aromatic rings. The number of carbonyl (C=O) groups is 1. The van der Waals surface area contributed by atoms with E-state index in [1.165, 1.54) is 12.1 Å². The van der Waals surface area contributed by atoms with Gasteiger partial charge in [-0.15, -0.1) is 0 Å². The molecule has 0 aliphatic heterocycles. The minimum absolute atomic E-state index is 0. The molecular formula is C17H19I2Li3O9S2. The fourth-order valence-corrected chi connectivity index (χ4v) is 2.47. The molecule has 0 unspecified atom stereocenters. The average molecular weight is 706 g/mol. The van der Waals surface area contributed by atoms with Crippen LogP contribution in [0.2, 0.25) is 0 Å². The molecule has 0 aromatic heterocycles. The molecule has 0 heterocycles. The van der Waals surface area contributed by atoms with Crippen molar-refractivity contribution in [3.63, 3.8) is 0 Å². The van der Waals surface area contributed by atoms with Gasteiger partial charge in [-0.1, -0.05) is 81.3 Å². The summed E-state index contributed by atoms with van der Waals surface area (Å²) < 4.78 is 65.5. The Balaban J connectivity index is -0.000000190. The summed E-state index contributed by atoms with van der Waals surface area (Å²) in [5.74, 6) is -1.75. The Morgan fingerprint density at radius 1 is 0.879 bits per heavy atom. The molecular weight excluding hydrogens is 687 g/mol. The van der Waals surface area contributed by atoms with Crippen molar-refractivity contribution >= 4 is 71.2 Å². The van der Waals surface area contributed by atoms with E-state index in [9.17, 15) is 22.9 Å². The molecule has 0 radical (unpaired) electrons. The molecule has 16 heteroatoms. The van der Waals surface area contributed by atoms with Gasteiger partial charge in [0.1, 0.15) is 15.9 Å². The van der Waals surface area contributed by atoms with Gasteiger partial charge in [-0.2, -0.15) is 0 Å². The third-order valence-electron chi connectivity index (χ3n) is 2.82. The summed E-state index contributed by atoms with van der Waals surface area (Å²) in [6.07, 6.45) is 0.604. The van der Waals surface area contributed by atoms with Crippen LogP contribution in [-0.2, 0) is 20.2 Å². The van der Waals surface area contributed by atoms with Gasteiger partial charge in [0.25, 0.3) is 0 Å². The molecule has 0 amide bonds. The van der Waals surface area contributed by atoms with Crippen LogP contribution in [0.1, 0.15) is 15.9 Å². The number of alkyl halides is 2. The fourth-order valence-electron chi connectivity index (χ4n) is 1.82. The van der Waals surface area contributed by atoms with Crippen LogP contribution in [-0.4, -0.2) is 55.0 Å². The fraction of sp³-hybridized carbons (Fsp3) is 0.235. The third kappa shape index (κ3) is 18.7. The summed E-state index contributed by atoms with van der Waals surface area (Å²) in [7, 11) is -7.66. The zero-order valence-electron chi connectivity index (χ0n) is 19.3. The second kappa shape index (κ2) is 22.0. The van der Waals surface area contributed by atoms with Crippen LogP contribution in [0, 0.1) is 0 Å². The first kappa shape index (κ1) is 43.8. The maximum absolute atomic E-state index is 12.2. The van der Waals surface area contributed by atoms with Crippen LogP contribution in [0.15, 0.2) is 47.4 Å². The number of ether oxygens (including phenoxy) is 1. The predicted molar refractivity (Wildman–Crippen MR) is 126 cm³/mol. The van der Waals surface area contributed by atoms with E-state index in [1.54, 1.807) is 18.2 Å². The second-order valence-electron chi connectivity index (χ2n) is 4.85. The molecule has 2 rings (SSSR count). The van der Waals surface area contributed by atoms with Crippen molar-refractivity contribution in [2.24, 2.45) is 0 Å². The molecule has 0 saturated carbocycles. The quantitative estimate of drug-likeness (QED) is 0.0990. The maximum Gasteiger partial charge on any atom is 1.00 e. The summed E-state index contributed by atoms with van der Waals surface area (Å²) in [5.41, 5.74) is -0.176. The van der Waals surface area contributed by atoms with E-state index >= 15 is 0 Å². The molecule has 0 fully saturated rings. The van der Waals surface area contributed by atoms with E-state index < -0.39 is 42.2 Å². The van der Waals surface area contributed by atoms with Crippen molar-refractivity contribution in [3.8, 4) is 11.5 Å². The third-order valence-corrected chi connectivity index (χ3v) is 3.67. The molecule has 0 atom stereocenters. The largest absolute Gasteiger partial charge is 1.00 e. The number of hydrogen-bond acceptors (Lipinski definition) is 9. The van der Waals surface area contributed by atoms with Gasteiger partial charge in [0.05, 0.1) is 22.1 Å². The molecule has 9 nitrogen and oxygen atoms in total. The summed E-state index contributed by atoms with van der Waals surface area (Å²) in [4.78, 5) is 15.4. The van der Waals surface area contributed by atoms with Gasteiger partial charge in [0.2, 0.25) is 0 Å². The Hall–Kier alpha value is 0.782. The molecule has 2 aromatic carbocycles. The number of benzene rings is 2. The van der Waals surface area contributed by atoms with Crippen LogP contribution in [0.5, 0.6) is 11.5 Å². The molecule has 0 aliphatic carbocycles. The minimum atomic E-state index is -4.87. The van der Waals surface area contributed by atoms with Gasteiger partial charge in [-0.3, -0.25) is 4.79 Å². The number of carbonyl (C=O) groups excluding carboxylic acids is 1. The zero-order chi connectivity index (χ0) is 24.1. The molecule has 170 valence electrons. The van der Waals surface area contributed by atoms with Gasteiger partial charge in [0.15, 0.2) is 5.78 Å². The average Bonchev–Trinajstić information content (AvgIpc) is 2.68. The number of hydrogen-bond donors (Lipinski definition) is 0. The standard InChI is InChI=1S/C14H12O6S.2CH3I.CH4O3S.3Li/c1-20-12-8-11(15)10(7-13(12)21(17,18)19)14(16)9-5-3-2-4-6-9;2*1-2;1-5(2,3)4;;;/h2-8,15H,1H3,(H,17,18,19);2*1H3;1H3,(H,2,3,4);;;/q;;;;3*+1/p-3. The Labute approximate surface area is 258 Å². The Kier molecular flexibility index (Phi) is 29.2. The molecule has 33 heavy (non-hydrogen) atoms. The van der Waals surface area contributed by atoms with Crippen molar-refractivity contribution in [2.45, 2.75) is 4.90 Å². The van der Waals surface area contributed by atoms with Crippen molar-refractivity contribution in [3.05, 3.63) is 53.6 Å². The van der Waals surface area contributed by atoms with E-state index in [0.717, 1.165) is 19.2 Å². The van der Waals surface area contributed by atoms with Crippen molar-refractivity contribution in [1.29, 1.82) is 0 Å². The van der Waals surface area contributed by atoms with E-state index in [0.29, 0.717) is 6.26 Å². The van der Waals surface area contributed by atoms with Gasteiger partial charge in [0, 0.05) is 17.4 Å². The van der Waals surface area contributed by atoms with E-state index in [-0.39, 0.29) is 67.9 Å². The Bertz CT molecular complexity index is 1010. The smallest absolute Gasteiger partial charge is 0.872 e. The summed E-state index contributed by atoms with van der Waals surface area (Å²) in [5, 5.41) is 11.9. The van der Waals surface area contributed by atoms with Crippen LogP contribution in [0.25, 0.3) is 0 Å². The Morgan fingerprint density at radius 3 is 1.61 bits per heavy atom. The number of methoxy groups -OCH3 is 1. The normalized spacial score (nSPS) is 9.21. The Morgan fingerprint density at radius 2 is 1.27 bits per heavy atom. The van der Waals surface area contributed by atoms with Crippen molar-refractivity contribution in [1.82, 2.24) is 0 Å². The van der Waals surface area contributed by atoms with E-state index in [2.05, 4.69) is 45.2 Å². The molecule has 0 spiro atoms. The van der Waals surface area contributed by atoms with E-state index in [4.69, 9.17) is 17.7 Å². The number of halogens is 2. The minimum Gasteiger partial charge on any atom is -0.872 e. The first-order valence-electron chi connectivity index (χ1n) is 7.45. The van der Waals surface area contributed by atoms with Crippen LogP contribution < -0.4 is 66.4 Å². The SMILES string of the molecule is CI.CI.COc1cc([O-])c(C(=O)c2ccccc2)cc1S(=O)(=O)[O-].CS(=O)(=O)[O-].[Li+].[Li+].[Li+]. The topological polar surface area (TPSA) is 164 Å². The first-order valence-corrected chi connectivity index (χ1v) is 15.0. The van der Waals surface area contributed by atoms with Gasteiger partial charge < -0.3 is 18.9 Å². The first-order chi connectivity index (χ1) is 13.8. The molecule has 0 aliphatic rings. The molecule has 0 saturated heterocycles. The summed E-state index contributed by atoms with van der Waals surface area (Å²) in [6, 6.07) is 9.45. The molecule has 0 bridgehead atoms. The zero-order valence-corrected chi connectivity index (χ0v) is 25.2. The predicted octanol–water partition coefficient (Wildman–Crippen LogP) is -6.82. The van der Waals surface area contributed by atoms with E-state index in [1.807, 2.05) is 9.86 Å². The monoisotopic (exact) mass is 706 g/mol. The second-order valence-corrected chi connectivity index (χ2v) is 7.61. The van der Waals surface area contributed by atoms with Crippen LogP contribution in [0.4, 0.5) is 0 Å². The number of rotatable bonds is 4. The maximum atomic E-state index is 12.2. The molecule has 0 N–H and O–H groups in total. The van der Waals surface area contributed by atoms with Gasteiger partial charge >= 0.3 is 56.6 Å². The number of ketones is 1. The summed E-state index contributed by atoms with van der Waals surface area (Å²) in [6.45, 7) is 0. The van der Waals surface area contributed by atoms with Crippen LogP contribution in [0.3, 0.4) is 0 Å². The van der Waals surface area contributed by atoms with Crippen molar-refractivity contribution < 1.29 is 97.2 Å².